The minimum absolute atomic E-state index is 0.0926. The van der Waals surface area contributed by atoms with Gasteiger partial charge in [-0.25, -0.2) is 8.78 Å². The predicted molar refractivity (Wildman–Crippen MR) is 87.8 cm³/mol. The molecule has 0 unspecified atom stereocenters. The zero-order valence-electron chi connectivity index (χ0n) is 12.9. The maximum Gasteiger partial charge on any atom is 0.243 e. The number of nitrogens with one attached hydrogen (secondary N) is 1. The van der Waals surface area contributed by atoms with E-state index in [4.69, 9.17) is 11.6 Å². The predicted octanol–water partition coefficient (Wildman–Crippen LogP) is 3.26. The van der Waals surface area contributed by atoms with Crippen molar-refractivity contribution in [3.63, 3.8) is 0 Å². The third-order valence-corrected chi connectivity index (χ3v) is 3.68. The molecule has 2 aromatic rings. The number of hydrogen-bond acceptors (Lipinski definition) is 2. The minimum atomic E-state index is -0.569. The highest BCUT2D eigenvalue weighted by atomic mass is 35.5. The summed E-state index contributed by atoms with van der Waals surface area (Å²) in [5.41, 5.74) is 0.509. The molecule has 0 radical (unpaired) electrons. The number of nitrogens with zero attached hydrogens (tertiary/aromatic N) is 1. The maximum absolute atomic E-state index is 13.7. The second-order valence-electron chi connectivity index (χ2n) is 5.18. The van der Waals surface area contributed by atoms with Crippen molar-refractivity contribution in [3.8, 4) is 0 Å². The maximum atomic E-state index is 13.7. The van der Waals surface area contributed by atoms with Crippen LogP contribution in [0.1, 0.15) is 5.56 Å². The quantitative estimate of drug-likeness (QED) is 0.898. The highest BCUT2D eigenvalue weighted by molar-refractivity contribution is 6.31. The smallest absolute Gasteiger partial charge is 0.243 e. The van der Waals surface area contributed by atoms with Crippen LogP contribution in [0.3, 0.4) is 0 Å². The molecule has 2 amide bonds. The summed E-state index contributed by atoms with van der Waals surface area (Å²) in [6, 6.07) is 9.41. The number of carbonyl (C=O) groups excluding carboxylic acids is 2. The zero-order chi connectivity index (χ0) is 17.7. The molecule has 0 fully saturated rings. The van der Waals surface area contributed by atoms with Gasteiger partial charge >= 0.3 is 0 Å². The highest BCUT2D eigenvalue weighted by Crippen LogP contribution is 2.20. The standard InChI is InChI=1S/C17H15ClF2N2O2/c1-22(10-16(23)21-12-7-5-11(19)6-8-12)17(24)9-13-14(18)3-2-4-15(13)20/h2-8H,9-10H2,1H3,(H,21,23). The summed E-state index contributed by atoms with van der Waals surface area (Å²) in [5.74, 6) is -1.88. The van der Waals surface area contributed by atoms with Gasteiger partial charge in [0, 0.05) is 23.3 Å². The number of rotatable bonds is 5. The monoisotopic (exact) mass is 352 g/mol. The van der Waals surface area contributed by atoms with Gasteiger partial charge in [0.2, 0.25) is 11.8 Å². The third kappa shape index (κ3) is 4.76. The Bertz CT molecular complexity index is 731. The topological polar surface area (TPSA) is 49.4 Å². The molecule has 0 heterocycles. The molecule has 7 heteroatoms. The molecule has 0 saturated carbocycles. The van der Waals surface area contributed by atoms with E-state index in [1.54, 1.807) is 0 Å². The number of likely N-dealkylation sites (N-methyl/N-ethyl adjacent to an activating group) is 1. The second-order valence-corrected chi connectivity index (χ2v) is 5.59. The lowest BCUT2D eigenvalue weighted by atomic mass is 10.1. The van der Waals surface area contributed by atoms with Crippen molar-refractivity contribution in [2.75, 3.05) is 18.9 Å². The van der Waals surface area contributed by atoms with Crippen LogP contribution >= 0.6 is 11.6 Å². The summed E-state index contributed by atoms with van der Waals surface area (Å²) >= 11 is 5.88. The Morgan fingerprint density at radius 3 is 2.42 bits per heavy atom. The van der Waals surface area contributed by atoms with Crippen molar-refractivity contribution < 1.29 is 18.4 Å². The van der Waals surface area contributed by atoms with Gasteiger partial charge in [-0.1, -0.05) is 17.7 Å². The van der Waals surface area contributed by atoms with Gasteiger partial charge in [0.15, 0.2) is 0 Å². The molecule has 0 bridgehead atoms. The lowest BCUT2D eigenvalue weighted by Gasteiger charge is -2.17. The van der Waals surface area contributed by atoms with Crippen molar-refractivity contribution in [3.05, 3.63) is 64.7 Å². The van der Waals surface area contributed by atoms with E-state index in [0.717, 1.165) is 0 Å². The normalized spacial score (nSPS) is 10.3. The number of carbonyl (C=O) groups is 2. The molecule has 0 aromatic heterocycles. The Morgan fingerprint density at radius 2 is 1.79 bits per heavy atom. The fraction of sp³-hybridized carbons (Fsp3) is 0.176. The Labute approximate surface area is 143 Å². The van der Waals surface area contributed by atoms with Crippen molar-refractivity contribution in [2.45, 2.75) is 6.42 Å². The lowest BCUT2D eigenvalue weighted by Crippen LogP contribution is -2.36. The largest absolute Gasteiger partial charge is 0.336 e. The van der Waals surface area contributed by atoms with E-state index in [0.29, 0.717) is 5.69 Å². The molecule has 2 aromatic carbocycles. The number of benzene rings is 2. The Morgan fingerprint density at radius 1 is 1.12 bits per heavy atom. The van der Waals surface area contributed by atoms with E-state index in [1.165, 1.54) is 54.4 Å². The molecule has 0 aliphatic rings. The number of amides is 2. The molecule has 126 valence electrons. The first-order chi connectivity index (χ1) is 11.4. The summed E-state index contributed by atoms with van der Waals surface area (Å²) in [5, 5.41) is 2.70. The number of anilines is 1. The van der Waals surface area contributed by atoms with Gasteiger partial charge in [-0.2, -0.15) is 0 Å². The molecule has 0 aliphatic carbocycles. The minimum Gasteiger partial charge on any atom is -0.336 e. The van der Waals surface area contributed by atoms with Gasteiger partial charge in [-0.3, -0.25) is 9.59 Å². The van der Waals surface area contributed by atoms with Crippen LogP contribution in [0.15, 0.2) is 42.5 Å². The Balaban J connectivity index is 1.93. The van der Waals surface area contributed by atoms with Crippen LogP contribution in [0.4, 0.5) is 14.5 Å². The summed E-state index contributed by atoms with van der Waals surface area (Å²) in [6.07, 6.45) is -0.244. The van der Waals surface area contributed by atoms with Crippen molar-refractivity contribution >= 4 is 29.1 Å². The average molecular weight is 353 g/mol. The fourth-order valence-corrected chi connectivity index (χ4v) is 2.25. The molecular weight excluding hydrogens is 338 g/mol. The molecule has 0 aliphatic heterocycles. The fourth-order valence-electron chi connectivity index (χ4n) is 2.02. The Hall–Kier alpha value is -2.47. The van der Waals surface area contributed by atoms with Crippen LogP contribution in [0.25, 0.3) is 0 Å². The van der Waals surface area contributed by atoms with Gasteiger partial charge < -0.3 is 10.2 Å². The van der Waals surface area contributed by atoms with Crippen molar-refractivity contribution in [1.29, 1.82) is 0 Å². The summed E-state index contributed by atoms with van der Waals surface area (Å²) in [4.78, 5) is 25.2. The first-order valence-corrected chi connectivity index (χ1v) is 7.47. The van der Waals surface area contributed by atoms with Gasteiger partial charge in [0.05, 0.1) is 13.0 Å². The van der Waals surface area contributed by atoms with Gasteiger partial charge in [-0.15, -0.1) is 0 Å². The summed E-state index contributed by atoms with van der Waals surface area (Å²) < 4.78 is 26.5. The van der Waals surface area contributed by atoms with Crippen LogP contribution in [0.2, 0.25) is 5.02 Å². The molecule has 1 N–H and O–H groups in total. The summed E-state index contributed by atoms with van der Waals surface area (Å²) in [7, 11) is 1.43. The van der Waals surface area contributed by atoms with Gasteiger partial charge in [0.1, 0.15) is 11.6 Å². The number of hydrogen-bond donors (Lipinski definition) is 1. The summed E-state index contributed by atoms with van der Waals surface area (Å²) in [6.45, 7) is -0.220. The van der Waals surface area contributed by atoms with Crippen molar-refractivity contribution in [2.24, 2.45) is 0 Å². The van der Waals surface area contributed by atoms with E-state index in [-0.39, 0.29) is 23.6 Å². The van der Waals surface area contributed by atoms with E-state index >= 15 is 0 Å². The third-order valence-electron chi connectivity index (χ3n) is 3.32. The van der Waals surface area contributed by atoms with Crippen LogP contribution in [0, 0.1) is 11.6 Å². The molecule has 2 rings (SSSR count). The van der Waals surface area contributed by atoms with Crippen LogP contribution in [-0.2, 0) is 16.0 Å². The Kier molecular flexibility index (Phi) is 5.87. The van der Waals surface area contributed by atoms with E-state index < -0.39 is 23.4 Å². The molecular formula is C17H15ClF2N2O2. The SMILES string of the molecule is CN(CC(=O)Nc1ccc(F)cc1)C(=O)Cc1c(F)cccc1Cl. The van der Waals surface area contributed by atoms with E-state index in [1.807, 2.05) is 0 Å². The second kappa shape index (κ2) is 7.88. The molecule has 24 heavy (non-hydrogen) atoms. The molecule has 0 saturated heterocycles. The van der Waals surface area contributed by atoms with E-state index in [9.17, 15) is 18.4 Å². The first-order valence-electron chi connectivity index (χ1n) is 7.09. The average Bonchev–Trinajstić information content (AvgIpc) is 2.53. The molecule has 0 spiro atoms. The van der Waals surface area contributed by atoms with Gasteiger partial charge in [-0.05, 0) is 36.4 Å². The van der Waals surface area contributed by atoms with E-state index in [2.05, 4.69) is 5.32 Å². The number of halogens is 3. The molecule has 4 nitrogen and oxygen atoms in total. The zero-order valence-corrected chi connectivity index (χ0v) is 13.6. The van der Waals surface area contributed by atoms with Crippen molar-refractivity contribution in [1.82, 2.24) is 4.90 Å². The van der Waals surface area contributed by atoms with Crippen LogP contribution < -0.4 is 5.32 Å². The molecule has 0 atom stereocenters. The van der Waals surface area contributed by atoms with Crippen LogP contribution in [-0.4, -0.2) is 30.3 Å². The highest BCUT2D eigenvalue weighted by Gasteiger charge is 2.17. The lowest BCUT2D eigenvalue weighted by molar-refractivity contribution is -0.132. The van der Waals surface area contributed by atoms with Crippen LogP contribution in [0.5, 0.6) is 0 Å². The first kappa shape index (κ1) is 17.9. The van der Waals surface area contributed by atoms with Gasteiger partial charge in [0.25, 0.3) is 0 Å².